The van der Waals surface area contributed by atoms with Crippen LogP contribution in [0.5, 0.6) is 0 Å². The summed E-state index contributed by atoms with van der Waals surface area (Å²) < 4.78 is 0. The summed E-state index contributed by atoms with van der Waals surface area (Å²) in [5.74, 6) is 0.847. The second-order valence-electron chi connectivity index (χ2n) is 4.65. The largest absolute Gasteiger partial charge is 0.312 e. The molecule has 0 aliphatic heterocycles. The molecule has 0 saturated carbocycles. The first kappa shape index (κ1) is 13.7. The lowest BCUT2D eigenvalue weighted by molar-refractivity contribution is 0.388. The highest BCUT2D eigenvalue weighted by Crippen LogP contribution is 2.31. The minimum atomic E-state index is 0.544. The molecule has 0 aliphatic carbocycles. The van der Waals surface area contributed by atoms with E-state index in [-0.39, 0.29) is 0 Å². The molecular formula is C14H25NS. The van der Waals surface area contributed by atoms with E-state index in [1.807, 2.05) is 11.3 Å². The Labute approximate surface area is 104 Å². The van der Waals surface area contributed by atoms with Crippen molar-refractivity contribution >= 4 is 11.3 Å². The monoisotopic (exact) mass is 239 g/mol. The van der Waals surface area contributed by atoms with Crippen molar-refractivity contribution in [3.63, 3.8) is 0 Å². The van der Waals surface area contributed by atoms with Gasteiger partial charge in [0.05, 0.1) is 0 Å². The van der Waals surface area contributed by atoms with Gasteiger partial charge in [-0.05, 0) is 44.9 Å². The minimum absolute atomic E-state index is 0.544. The molecule has 0 radical (unpaired) electrons. The molecule has 0 amide bonds. The zero-order valence-corrected chi connectivity index (χ0v) is 12.1. The van der Waals surface area contributed by atoms with Gasteiger partial charge in [0.15, 0.2) is 0 Å². The van der Waals surface area contributed by atoms with E-state index in [4.69, 9.17) is 0 Å². The number of hydrogen-bond donors (Lipinski definition) is 1. The third kappa shape index (κ3) is 3.33. The van der Waals surface area contributed by atoms with Gasteiger partial charge in [-0.15, -0.1) is 11.3 Å². The van der Waals surface area contributed by atoms with Crippen molar-refractivity contribution in [1.82, 2.24) is 5.32 Å². The standard InChI is InChI=1S/C14H25NS/c1-6-12(7-2)9-13(15-5)14-8-10(3)11(4)16-14/h8,12-13,15H,6-7,9H2,1-5H3. The lowest BCUT2D eigenvalue weighted by Crippen LogP contribution is -2.18. The van der Waals surface area contributed by atoms with Crippen LogP contribution in [0.1, 0.15) is 54.5 Å². The summed E-state index contributed by atoms with van der Waals surface area (Å²) >= 11 is 1.95. The van der Waals surface area contributed by atoms with Gasteiger partial charge in [0.2, 0.25) is 0 Å². The average Bonchev–Trinajstić information content (AvgIpc) is 2.61. The summed E-state index contributed by atoms with van der Waals surface area (Å²) in [4.78, 5) is 2.96. The second-order valence-corrected chi connectivity index (χ2v) is 5.94. The first-order valence-electron chi connectivity index (χ1n) is 6.36. The average molecular weight is 239 g/mol. The van der Waals surface area contributed by atoms with Gasteiger partial charge in [-0.3, -0.25) is 0 Å². The van der Waals surface area contributed by atoms with Gasteiger partial charge in [-0.1, -0.05) is 26.7 Å². The molecule has 1 unspecified atom stereocenters. The Kier molecular flexibility index (Phi) is 5.50. The van der Waals surface area contributed by atoms with Crippen molar-refractivity contribution < 1.29 is 0 Å². The molecule has 0 saturated heterocycles. The molecular weight excluding hydrogens is 214 g/mol. The molecule has 92 valence electrons. The topological polar surface area (TPSA) is 12.0 Å². The molecule has 1 N–H and O–H groups in total. The van der Waals surface area contributed by atoms with E-state index >= 15 is 0 Å². The Hall–Kier alpha value is -0.340. The van der Waals surface area contributed by atoms with Crippen LogP contribution in [0.3, 0.4) is 0 Å². The van der Waals surface area contributed by atoms with Crippen LogP contribution < -0.4 is 5.32 Å². The van der Waals surface area contributed by atoms with Gasteiger partial charge in [0.25, 0.3) is 0 Å². The minimum Gasteiger partial charge on any atom is -0.312 e. The summed E-state index contributed by atoms with van der Waals surface area (Å²) in [5.41, 5.74) is 1.43. The van der Waals surface area contributed by atoms with Crippen LogP contribution in [0, 0.1) is 19.8 Å². The molecule has 1 rings (SSSR count). The van der Waals surface area contributed by atoms with Crippen LogP contribution in [0.4, 0.5) is 0 Å². The number of thiophene rings is 1. The molecule has 1 nitrogen and oxygen atoms in total. The smallest absolute Gasteiger partial charge is 0.0415 e. The first-order valence-corrected chi connectivity index (χ1v) is 7.18. The lowest BCUT2D eigenvalue weighted by Gasteiger charge is -2.20. The Bertz CT molecular complexity index is 293. The lowest BCUT2D eigenvalue weighted by atomic mass is 9.94. The van der Waals surface area contributed by atoms with Crippen molar-refractivity contribution in [2.75, 3.05) is 7.05 Å². The number of nitrogens with one attached hydrogen (secondary N) is 1. The van der Waals surface area contributed by atoms with Crippen LogP contribution in [0.25, 0.3) is 0 Å². The highest BCUT2D eigenvalue weighted by atomic mass is 32.1. The molecule has 1 heterocycles. The van der Waals surface area contributed by atoms with Crippen LogP contribution in [-0.2, 0) is 0 Å². The molecule has 0 spiro atoms. The Morgan fingerprint density at radius 3 is 2.25 bits per heavy atom. The molecule has 0 aliphatic rings. The van der Waals surface area contributed by atoms with E-state index in [1.165, 1.54) is 34.6 Å². The van der Waals surface area contributed by atoms with Crippen molar-refractivity contribution in [2.45, 2.75) is 53.0 Å². The van der Waals surface area contributed by atoms with E-state index in [9.17, 15) is 0 Å². The number of hydrogen-bond acceptors (Lipinski definition) is 2. The Morgan fingerprint density at radius 2 is 1.88 bits per heavy atom. The van der Waals surface area contributed by atoms with Gasteiger partial charge in [-0.25, -0.2) is 0 Å². The van der Waals surface area contributed by atoms with Crippen molar-refractivity contribution in [3.8, 4) is 0 Å². The summed E-state index contributed by atoms with van der Waals surface area (Å²) in [6.45, 7) is 9.02. The Morgan fingerprint density at radius 1 is 1.25 bits per heavy atom. The maximum Gasteiger partial charge on any atom is 0.0415 e. The molecule has 1 aromatic rings. The van der Waals surface area contributed by atoms with E-state index in [0.29, 0.717) is 6.04 Å². The molecule has 1 atom stereocenters. The predicted molar refractivity (Wildman–Crippen MR) is 74.3 cm³/mol. The van der Waals surface area contributed by atoms with Gasteiger partial charge >= 0.3 is 0 Å². The molecule has 0 bridgehead atoms. The number of aryl methyl sites for hydroxylation is 2. The third-order valence-corrected chi connectivity index (χ3v) is 4.87. The maximum absolute atomic E-state index is 3.47. The van der Waals surface area contributed by atoms with E-state index in [0.717, 1.165) is 5.92 Å². The highest BCUT2D eigenvalue weighted by Gasteiger charge is 2.16. The molecule has 0 aromatic carbocycles. The zero-order chi connectivity index (χ0) is 12.1. The first-order chi connectivity index (χ1) is 7.62. The summed E-state index contributed by atoms with van der Waals surface area (Å²) in [6.07, 6.45) is 3.85. The van der Waals surface area contributed by atoms with Gasteiger partial charge in [0.1, 0.15) is 0 Å². The van der Waals surface area contributed by atoms with E-state index in [2.05, 4.69) is 46.1 Å². The molecule has 16 heavy (non-hydrogen) atoms. The quantitative estimate of drug-likeness (QED) is 0.773. The SMILES string of the molecule is CCC(CC)CC(NC)c1cc(C)c(C)s1. The predicted octanol–water partition coefficient (Wildman–Crippen LogP) is 4.45. The molecule has 1 aromatic heterocycles. The third-order valence-electron chi connectivity index (χ3n) is 3.60. The van der Waals surface area contributed by atoms with Gasteiger partial charge in [0, 0.05) is 15.8 Å². The van der Waals surface area contributed by atoms with Crippen molar-refractivity contribution in [1.29, 1.82) is 0 Å². The fourth-order valence-electron chi connectivity index (χ4n) is 2.11. The maximum atomic E-state index is 3.47. The van der Waals surface area contributed by atoms with Gasteiger partial charge < -0.3 is 5.32 Å². The summed E-state index contributed by atoms with van der Waals surface area (Å²) in [5, 5.41) is 3.47. The zero-order valence-electron chi connectivity index (χ0n) is 11.3. The van der Waals surface area contributed by atoms with Crippen LogP contribution in [0.15, 0.2) is 6.07 Å². The summed E-state index contributed by atoms with van der Waals surface area (Å²) in [6, 6.07) is 2.89. The van der Waals surface area contributed by atoms with Crippen LogP contribution >= 0.6 is 11.3 Å². The fraction of sp³-hybridized carbons (Fsp3) is 0.714. The van der Waals surface area contributed by atoms with E-state index in [1.54, 1.807) is 0 Å². The normalized spacial score (nSPS) is 13.4. The Balaban J connectivity index is 2.74. The fourth-order valence-corrected chi connectivity index (χ4v) is 3.27. The highest BCUT2D eigenvalue weighted by molar-refractivity contribution is 7.12. The number of rotatable bonds is 6. The molecule has 0 fully saturated rings. The van der Waals surface area contributed by atoms with Crippen LogP contribution in [0.2, 0.25) is 0 Å². The molecule has 2 heteroatoms. The van der Waals surface area contributed by atoms with Crippen LogP contribution in [-0.4, -0.2) is 7.05 Å². The van der Waals surface area contributed by atoms with Gasteiger partial charge in [-0.2, -0.15) is 0 Å². The van der Waals surface area contributed by atoms with Crippen molar-refractivity contribution in [2.24, 2.45) is 5.92 Å². The van der Waals surface area contributed by atoms with Crippen molar-refractivity contribution in [3.05, 3.63) is 21.4 Å². The van der Waals surface area contributed by atoms with E-state index < -0.39 is 0 Å². The second kappa shape index (κ2) is 6.41. The summed E-state index contributed by atoms with van der Waals surface area (Å²) in [7, 11) is 2.08.